The minimum absolute atomic E-state index is 0.130. The Bertz CT molecular complexity index is 599. The molecule has 0 aliphatic carbocycles. The lowest BCUT2D eigenvalue weighted by molar-refractivity contribution is -0.147. The van der Waals surface area contributed by atoms with Gasteiger partial charge in [0.15, 0.2) is 0 Å². The highest BCUT2D eigenvalue weighted by Crippen LogP contribution is 2.36. The molecule has 0 aliphatic rings. The SMILES string of the molecule is OCCCN(Cc1sc2ccccc2c1Cl)CC(F)(F)F. The van der Waals surface area contributed by atoms with Gasteiger partial charge in [-0.25, -0.2) is 0 Å². The van der Waals surface area contributed by atoms with E-state index in [0.717, 1.165) is 15.0 Å². The average Bonchev–Trinajstić information content (AvgIpc) is 2.72. The molecule has 2 nitrogen and oxygen atoms in total. The van der Waals surface area contributed by atoms with Crippen LogP contribution in [0.1, 0.15) is 11.3 Å². The molecule has 0 saturated heterocycles. The number of fused-ring (bicyclic) bond motifs is 1. The summed E-state index contributed by atoms with van der Waals surface area (Å²) in [7, 11) is 0. The molecule has 116 valence electrons. The van der Waals surface area contributed by atoms with Crippen molar-refractivity contribution in [3.05, 3.63) is 34.2 Å². The molecular weight excluding hydrogens is 323 g/mol. The zero-order chi connectivity index (χ0) is 15.5. The number of benzene rings is 1. The van der Waals surface area contributed by atoms with Crippen molar-refractivity contribution in [2.24, 2.45) is 0 Å². The fourth-order valence-corrected chi connectivity index (χ4v) is 3.67. The molecular formula is C14H15ClF3NOS. The van der Waals surface area contributed by atoms with E-state index < -0.39 is 12.7 Å². The molecule has 0 saturated carbocycles. The Morgan fingerprint density at radius 2 is 1.95 bits per heavy atom. The molecule has 21 heavy (non-hydrogen) atoms. The van der Waals surface area contributed by atoms with Crippen LogP contribution >= 0.6 is 22.9 Å². The molecule has 7 heteroatoms. The van der Waals surface area contributed by atoms with Crippen molar-refractivity contribution in [3.63, 3.8) is 0 Å². The van der Waals surface area contributed by atoms with Crippen LogP contribution in [0.3, 0.4) is 0 Å². The molecule has 1 aromatic carbocycles. The summed E-state index contributed by atoms with van der Waals surface area (Å²) in [6, 6.07) is 7.48. The first kappa shape index (κ1) is 16.5. The molecule has 0 amide bonds. The minimum Gasteiger partial charge on any atom is -0.396 e. The van der Waals surface area contributed by atoms with E-state index in [2.05, 4.69) is 0 Å². The van der Waals surface area contributed by atoms with Crippen molar-refractivity contribution in [1.82, 2.24) is 4.90 Å². The number of rotatable bonds is 6. The summed E-state index contributed by atoms with van der Waals surface area (Å²) >= 11 is 7.67. The van der Waals surface area contributed by atoms with E-state index >= 15 is 0 Å². The zero-order valence-corrected chi connectivity index (χ0v) is 12.7. The van der Waals surface area contributed by atoms with E-state index in [9.17, 15) is 13.2 Å². The third kappa shape index (κ3) is 4.57. The number of thiophene rings is 1. The molecule has 0 atom stereocenters. The van der Waals surface area contributed by atoms with Gasteiger partial charge in [-0.15, -0.1) is 11.3 Å². The fraction of sp³-hybridized carbons (Fsp3) is 0.429. The van der Waals surface area contributed by atoms with Crippen LogP contribution in [0.5, 0.6) is 0 Å². The molecule has 0 radical (unpaired) electrons. The summed E-state index contributed by atoms with van der Waals surface area (Å²) in [5, 5.41) is 10.2. The van der Waals surface area contributed by atoms with E-state index in [-0.39, 0.29) is 19.7 Å². The van der Waals surface area contributed by atoms with Gasteiger partial charge in [-0.3, -0.25) is 4.90 Å². The van der Waals surface area contributed by atoms with Gasteiger partial charge in [0, 0.05) is 34.7 Å². The molecule has 1 heterocycles. The van der Waals surface area contributed by atoms with E-state index in [1.54, 1.807) is 0 Å². The highest BCUT2D eigenvalue weighted by atomic mass is 35.5. The van der Waals surface area contributed by atoms with Gasteiger partial charge >= 0.3 is 6.18 Å². The normalized spacial score (nSPS) is 12.5. The van der Waals surface area contributed by atoms with Gasteiger partial charge in [0.05, 0.1) is 11.6 Å². The standard InChI is InChI=1S/C14H15ClF3NOS/c15-13-10-4-1-2-5-11(10)21-12(13)8-19(6-3-7-20)9-14(16,17)18/h1-2,4-5,20H,3,6-9H2. The first-order chi connectivity index (χ1) is 9.90. The summed E-state index contributed by atoms with van der Waals surface area (Å²) in [6.45, 7) is -0.815. The summed E-state index contributed by atoms with van der Waals surface area (Å²) < 4.78 is 38.8. The molecule has 0 aliphatic heterocycles. The maximum absolute atomic E-state index is 12.6. The van der Waals surface area contributed by atoms with Gasteiger partial charge in [0.1, 0.15) is 0 Å². The summed E-state index contributed by atoms with van der Waals surface area (Å²) in [4.78, 5) is 1.99. The molecule has 0 spiro atoms. The highest BCUT2D eigenvalue weighted by molar-refractivity contribution is 7.19. The third-order valence-electron chi connectivity index (χ3n) is 3.00. The number of hydrogen-bond donors (Lipinski definition) is 1. The van der Waals surface area contributed by atoms with E-state index in [4.69, 9.17) is 16.7 Å². The summed E-state index contributed by atoms with van der Waals surface area (Å²) in [6.07, 6.45) is -3.96. The second kappa shape index (κ2) is 6.96. The van der Waals surface area contributed by atoms with Gasteiger partial charge in [0.25, 0.3) is 0 Å². The van der Waals surface area contributed by atoms with Crippen molar-refractivity contribution in [1.29, 1.82) is 0 Å². The van der Waals surface area contributed by atoms with Gasteiger partial charge in [-0.2, -0.15) is 13.2 Å². The lowest BCUT2D eigenvalue weighted by atomic mass is 10.2. The molecule has 2 aromatic rings. The smallest absolute Gasteiger partial charge is 0.396 e. The molecule has 1 N–H and O–H groups in total. The number of aliphatic hydroxyl groups excluding tert-OH is 1. The topological polar surface area (TPSA) is 23.5 Å². The lowest BCUT2D eigenvalue weighted by Gasteiger charge is -2.22. The van der Waals surface area contributed by atoms with Crippen LogP contribution in [0.4, 0.5) is 13.2 Å². The van der Waals surface area contributed by atoms with E-state index in [1.807, 2.05) is 24.3 Å². The Morgan fingerprint density at radius 3 is 2.57 bits per heavy atom. The molecule has 1 aromatic heterocycles. The Balaban J connectivity index is 2.19. The first-order valence-corrected chi connectivity index (χ1v) is 7.66. The Morgan fingerprint density at radius 1 is 1.24 bits per heavy atom. The van der Waals surface area contributed by atoms with Crippen molar-refractivity contribution in [2.45, 2.75) is 19.1 Å². The summed E-state index contributed by atoms with van der Waals surface area (Å²) in [5.41, 5.74) is 0. The predicted octanol–water partition coefficient (Wildman–Crippen LogP) is 4.30. The molecule has 0 unspecified atom stereocenters. The Labute approximate surface area is 129 Å². The van der Waals surface area contributed by atoms with Crippen molar-refractivity contribution in [2.75, 3.05) is 19.7 Å². The lowest BCUT2D eigenvalue weighted by Crippen LogP contribution is -2.34. The fourth-order valence-electron chi connectivity index (χ4n) is 2.13. The number of hydrogen-bond acceptors (Lipinski definition) is 3. The predicted molar refractivity (Wildman–Crippen MR) is 79.9 cm³/mol. The van der Waals surface area contributed by atoms with Crippen LogP contribution in [-0.4, -0.2) is 35.9 Å². The van der Waals surface area contributed by atoms with Crippen LogP contribution in [0.2, 0.25) is 5.02 Å². The van der Waals surface area contributed by atoms with E-state index in [1.165, 1.54) is 16.2 Å². The second-order valence-electron chi connectivity index (χ2n) is 4.74. The zero-order valence-electron chi connectivity index (χ0n) is 11.2. The monoisotopic (exact) mass is 337 g/mol. The number of nitrogens with zero attached hydrogens (tertiary/aromatic N) is 1. The molecule has 0 bridgehead atoms. The van der Waals surface area contributed by atoms with Gasteiger partial charge in [-0.05, 0) is 12.5 Å². The van der Waals surface area contributed by atoms with Gasteiger partial charge < -0.3 is 5.11 Å². The van der Waals surface area contributed by atoms with Crippen LogP contribution in [0.15, 0.2) is 24.3 Å². The minimum atomic E-state index is -4.27. The number of alkyl halides is 3. The van der Waals surface area contributed by atoms with Crippen molar-refractivity contribution >= 4 is 33.0 Å². The van der Waals surface area contributed by atoms with Crippen LogP contribution in [0, 0.1) is 0 Å². The number of halogens is 4. The largest absolute Gasteiger partial charge is 0.401 e. The third-order valence-corrected chi connectivity index (χ3v) is 4.70. The van der Waals surface area contributed by atoms with Crippen LogP contribution < -0.4 is 0 Å². The van der Waals surface area contributed by atoms with E-state index in [0.29, 0.717) is 11.4 Å². The number of aliphatic hydroxyl groups is 1. The maximum Gasteiger partial charge on any atom is 0.401 e. The summed E-state index contributed by atoms with van der Waals surface area (Å²) in [5.74, 6) is 0. The van der Waals surface area contributed by atoms with Gasteiger partial charge in [-0.1, -0.05) is 29.8 Å². The van der Waals surface area contributed by atoms with Crippen molar-refractivity contribution in [3.8, 4) is 0 Å². The Kier molecular flexibility index (Phi) is 5.48. The Hall–Kier alpha value is -0.820. The molecule has 2 rings (SSSR count). The van der Waals surface area contributed by atoms with Crippen molar-refractivity contribution < 1.29 is 18.3 Å². The molecule has 0 fully saturated rings. The first-order valence-electron chi connectivity index (χ1n) is 6.46. The van der Waals surface area contributed by atoms with Gasteiger partial charge in [0.2, 0.25) is 0 Å². The second-order valence-corrected chi connectivity index (χ2v) is 6.25. The maximum atomic E-state index is 12.6. The average molecular weight is 338 g/mol. The highest BCUT2D eigenvalue weighted by Gasteiger charge is 2.31. The van der Waals surface area contributed by atoms with Crippen LogP contribution in [0.25, 0.3) is 10.1 Å². The quantitative estimate of drug-likeness (QED) is 0.849. The van der Waals surface area contributed by atoms with Crippen LogP contribution in [-0.2, 0) is 6.54 Å².